The molecule has 30 heavy (non-hydrogen) atoms. The zero-order valence-electron chi connectivity index (χ0n) is 16.9. The van der Waals surface area contributed by atoms with Crippen molar-refractivity contribution in [3.8, 4) is 0 Å². The Morgan fingerprint density at radius 1 is 0.767 bits per heavy atom. The number of pyridine rings is 2. The first-order valence-electron chi connectivity index (χ1n) is 10.5. The van der Waals surface area contributed by atoms with E-state index in [1.165, 1.54) is 11.1 Å². The van der Waals surface area contributed by atoms with Crippen LogP contribution in [0.3, 0.4) is 0 Å². The van der Waals surface area contributed by atoms with E-state index in [0.29, 0.717) is 12.2 Å². The fourth-order valence-corrected chi connectivity index (χ4v) is 4.30. The highest BCUT2D eigenvalue weighted by molar-refractivity contribution is 5.93. The third-order valence-corrected chi connectivity index (χ3v) is 6.00. The number of hydrogen-bond donors (Lipinski definition) is 0. The lowest BCUT2D eigenvalue weighted by molar-refractivity contribution is 0.0729. The minimum Gasteiger partial charge on any atom is -0.368 e. The Bertz CT molecular complexity index is 1030. The van der Waals surface area contributed by atoms with Crippen molar-refractivity contribution in [3.63, 3.8) is 0 Å². The van der Waals surface area contributed by atoms with Gasteiger partial charge in [0.15, 0.2) is 0 Å². The topological polar surface area (TPSA) is 52.6 Å². The number of aromatic nitrogens is 2. The molecule has 5 rings (SSSR count). The summed E-state index contributed by atoms with van der Waals surface area (Å²) in [7, 11) is 0. The van der Waals surface area contributed by atoms with Gasteiger partial charge in [0.2, 0.25) is 0 Å². The quantitative estimate of drug-likeness (QED) is 0.678. The van der Waals surface area contributed by atoms with Gasteiger partial charge in [0.25, 0.3) is 5.91 Å². The molecule has 3 aromatic rings. The predicted octanol–water partition coefficient (Wildman–Crippen LogP) is 3.00. The average Bonchev–Trinajstić information content (AvgIpc) is 2.84. The molecule has 1 aromatic carbocycles. The average molecular weight is 399 g/mol. The molecular formula is C24H25N5O. The molecule has 1 saturated heterocycles. The van der Waals surface area contributed by atoms with Crippen molar-refractivity contribution in [3.05, 3.63) is 83.8 Å². The number of anilines is 2. The van der Waals surface area contributed by atoms with E-state index in [0.717, 1.165) is 50.6 Å². The third kappa shape index (κ3) is 3.73. The van der Waals surface area contributed by atoms with Crippen LogP contribution in [0.2, 0.25) is 0 Å². The summed E-state index contributed by atoms with van der Waals surface area (Å²) in [5.74, 6) is 1.03. The lowest BCUT2D eigenvalue weighted by Gasteiger charge is -2.36. The molecule has 0 spiro atoms. The van der Waals surface area contributed by atoms with Crippen molar-refractivity contribution in [1.29, 1.82) is 0 Å². The molecule has 2 aromatic heterocycles. The van der Waals surface area contributed by atoms with Crippen molar-refractivity contribution in [2.45, 2.75) is 13.0 Å². The molecule has 0 radical (unpaired) electrons. The first-order valence-corrected chi connectivity index (χ1v) is 10.5. The van der Waals surface area contributed by atoms with E-state index in [-0.39, 0.29) is 5.91 Å². The minimum absolute atomic E-state index is 0.0125. The highest BCUT2D eigenvalue weighted by Gasteiger charge is 2.24. The Morgan fingerprint density at radius 3 is 2.33 bits per heavy atom. The largest absolute Gasteiger partial charge is 0.368 e. The number of rotatable bonds is 3. The summed E-state index contributed by atoms with van der Waals surface area (Å²) < 4.78 is 0. The molecule has 0 aliphatic carbocycles. The lowest BCUT2D eigenvalue weighted by atomic mass is 10.00. The summed E-state index contributed by atoms with van der Waals surface area (Å²) in [6, 6.07) is 18.3. The monoisotopic (exact) mass is 399 g/mol. The highest BCUT2D eigenvalue weighted by Crippen LogP contribution is 2.23. The van der Waals surface area contributed by atoms with E-state index in [9.17, 15) is 4.79 Å². The van der Waals surface area contributed by atoms with Gasteiger partial charge in [-0.05, 0) is 41.8 Å². The number of benzene rings is 1. The van der Waals surface area contributed by atoms with Crippen LogP contribution in [0.15, 0.2) is 67.0 Å². The summed E-state index contributed by atoms with van der Waals surface area (Å²) >= 11 is 0. The first kappa shape index (κ1) is 18.6. The van der Waals surface area contributed by atoms with Gasteiger partial charge < -0.3 is 14.7 Å². The Kier molecular flexibility index (Phi) is 5.05. The van der Waals surface area contributed by atoms with E-state index < -0.39 is 0 Å². The maximum Gasteiger partial charge on any atom is 0.272 e. The van der Waals surface area contributed by atoms with Crippen LogP contribution < -0.4 is 9.80 Å². The smallest absolute Gasteiger partial charge is 0.272 e. The summed E-state index contributed by atoms with van der Waals surface area (Å²) in [5.41, 5.74) is 4.17. The summed E-state index contributed by atoms with van der Waals surface area (Å²) in [6.45, 7) is 5.00. The van der Waals surface area contributed by atoms with Crippen LogP contribution in [0.4, 0.5) is 11.5 Å². The maximum atomic E-state index is 13.1. The SMILES string of the molecule is O=C(c1cc(N2CCN(c3ccccn3)CC2)ccn1)N1CCc2ccccc2C1. The van der Waals surface area contributed by atoms with E-state index in [1.54, 1.807) is 6.20 Å². The van der Waals surface area contributed by atoms with Crippen molar-refractivity contribution < 1.29 is 4.79 Å². The van der Waals surface area contributed by atoms with Gasteiger partial charge >= 0.3 is 0 Å². The number of fused-ring (bicyclic) bond motifs is 1. The van der Waals surface area contributed by atoms with Gasteiger partial charge in [-0.15, -0.1) is 0 Å². The highest BCUT2D eigenvalue weighted by atomic mass is 16.2. The second-order valence-corrected chi connectivity index (χ2v) is 7.81. The number of carbonyl (C=O) groups is 1. The molecule has 0 bridgehead atoms. The fourth-order valence-electron chi connectivity index (χ4n) is 4.30. The molecule has 4 heterocycles. The molecule has 0 unspecified atom stereocenters. The van der Waals surface area contributed by atoms with Crippen LogP contribution in [0.1, 0.15) is 21.6 Å². The maximum absolute atomic E-state index is 13.1. The molecule has 1 fully saturated rings. The van der Waals surface area contributed by atoms with Gasteiger partial charge in [0, 0.05) is 57.3 Å². The minimum atomic E-state index is 0.0125. The van der Waals surface area contributed by atoms with E-state index in [4.69, 9.17) is 0 Å². The molecule has 152 valence electrons. The second-order valence-electron chi connectivity index (χ2n) is 7.81. The van der Waals surface area contributed by atoms with E-state index in [1.807, 2.05) is 41.4 Å². The van der Waals surface area contributed by atoms with Crippen LogP contribution in [0, 0.1) is 0 Å². The Hall–Kier alpha value is -3.41. The van der Waals surface area contributed by atoms with Gasteiger partial charge in [-0.3, -0.25) is 9.78 Å². The molecule has 0 saturated carbocycles. The zero-order valence-corrected chi connectivity index (χ0v) is 16.9. The number of amides is 1. The summed E-state index contributed by atoms with van der Waals surface area (Å²) in [5, 5.41) is 0. The summed E-state index contributed by atoms with van der Waals surface area (Å²) in [4.78, 5) is 28.5. The van der Waals surface area contributed by atoms with Crippen LogP contribution in [0.5, 0.6) is 0 Å². The molecule has 2 aliphatic heterocycles. The van der Waals surface area contributed by atoms with Crippen molar-refractivity contribution in [2.24, 2.45) is 0 Å². The van der Waals surface area contributed by atoms with Gasteiger partial charge in [-0.1, -0.05) is 30.3 Å². The van der Waals surface area contributed by atoms with E-state index in [2.05, 4.69) is 44.0 Å². The third-order valence-electron chi connectivity index (χ3n) is 6.00. The van der Waals surface area contributed by atoms with Crippen LogP contribution in [-0.4, -0.2) is 53.5 Å². The molecular weight excluding hydrogens is 374 g/mol. The Balaban J connectivity index is 1.26. The van der Waals surface area contributed by atoms with Gasteiger partial charge in [-0.25, -0.2) is 4.98 Å². The van der Waals surface area contributed by atoms with Gasteiger partial charge in [0.05, 0.1) is 0 Å². The normalized spacial score (nSPS) is 16.3. The number of piperazine rings is 1. The second kappa shape index (κ2) is 8.14. The number of nitrogens with zero attached hydrogens (tertiary/aromatic N) is 5. The number of carbonyl (C=O) groups excluding carboxylic acids is 1. The van der Waals surface area contributed by atoms with E-state index >= 15 is 0 Å². The predicted molar refractivity (Wildman–Crippen MR) is 118 cm³/mol. The summed E-state index contributed by atoms with van der Waals surface area (Å²) in [6.07, 6.45) is 4.49. The zero-order chi connectivity index (χ0) is 20.3. The van der Waals surface area contributed by atoms with Gasteiger partial charge in [0.1, 0.15) is 11.5 Å². The fraction of sp³-hybridized carbons (Fsp3) is 0.292. The van der Waals surface area contributed by atoms with Crippen LogP contribution in [0.25, 0.3) is 0 Å². The molecule has 1 amide bonds. The van der Waals surface area contributed by atoms with Crippen molar-refractivity contribution in [1.82, 2.24) is 14.9 Å². The van der Waals surface area contributed by atoms with Crippen molar-refractivity contribution >= 4 is 17.4 Å². The standard InChI is InChI=1S/C24H25N5O/c30-24(29-12-9-19-5-1-2-6-20(19)18-29)22-17-21(8-11-25-22)27-13-15-28(16-14-27)23-7-3-4-10-26-23/h1-8,10-11,17H,9,12-16,18H2. The Labute approximate surface area is 176 Å². The molecule has 2 aliphatic rings. The number of hydrogen-bond acceptors (Lipinski definition) is 5. The van der Waals surface area contributed by atoms with Crippen molar-refractivity contribution in [2.75, 3.05) is 42.5 Å². The first-order chi connectivity index (χ1) is 14.8. The molecule has 0 N–H and O–H groups in total. The molecule has 6 nitrogen and oxygen atoms in total. The van der Waals surface area contributed by atoms with Gasteiger partial charge in [-0.2, -0.15) is 0 Å². The Morgan fingerprint density at radius 2 is 1.53 bits per heavy atom. The lowest BCUT2D eigenvalue weighted by Crippen LogP contribution is -2.47. The molecule has 6 heteroatoms. The van der Waals surface area contributed by atoms with Crippen LogP contribution >= 0.6 is 0 Å². The molecule has 0 atom stereocenters. The van der Waals surface area contributed by atoms with Crippen LogP contribution in [-0.2, 0) is 13.0 Å².